The van der Waals surface area contributed by atoms with Crippen molar-refractivity contribution in [3.8, 4) is 0 Å². The highest BCUT2D eigenvalue weighted by molar-refractivity contribution is 5.80. The van der Waals surface area contributed by atoms with Crippen molar-refractivity contribution in [2.75, 3.05) is 32.7 Å². The molecule has 1 amide bonds. The Morgan fingerprint density at radius 2 is 2.20 bits per heavy atom. The van der Waals surface area contributed by atoms with Gasteiger partial charge in [-0.05, 0) is 52.1 Å². The molecule has 1 fully saturated rings. The van der Waals surface area contributed by atoms with Gasteiger partial charge in [0.15, 0.2) is 0 Å². The van der Waals surface area contributed by atoms with Gasteiger partial charge in [0.2, 0.25) is 5.91 Å². The highest BCUT2D eigenvalue weighted by atomic mass is 16.2. The second kappa shape index (κ2) is 7.79. The summed E-state index contributed by atoms with van der Waals surface area (Å²) in [5.41, 5.74) is 1.25. The Kier molecular flexibility index (Phi) is 6.05. The second-order valence-electron chi connectivity index (χ2n) is 5.79. The lowest BCUT2D eigenvalue weighted by Gasteiger charge is -2.31. The van der Waals surface area contributed by atoms with Gasteiger partial charge in [0.1, 0.15) is 0 Å². The molecular formula is C16H29N3O. The third-order valence-electron chi connectivity index (χ3n) is 4.53. The zero-order chi connectivity index (χ0) is 14.4. The summed E-state index contributed by atoms with van der Waals surface area (Å²) in [5.74, 6) is 0.273. The molecule has 1 N–H and O–H groups in total. The first kappa shape index (κ1) is 15.5. The van der Waals surface area contributed by atoms with Crippen molar-refractivity contribution in [2.24, 2.45) is 0 Å². The molecule has 1 atom stereocenters. The normalized spacial score (nSPS) is 22.9. The van der Waals surface area contributed by atoms with Crippen LogP contribution in [-0.4, -0.2) is 54.5 Å². The van der Waals surface area contributed by atoms with Crippen LogP contribution in [0.1, 0.15) is 46.0 Å². The molecule has 114 valence electrons. The number of nitrogens with zero attached hydrogens (tertiary/aromatic N) is 2. The van der Waals surface area contributed by atoms with Crippen molar-refractivity contribution in [3.63, 3.8) is 0 Å². The summed E-state index contributed by atoms with van der Waals surface area (Å²) in [6.07, 6.45) is 8.11. The maximum Gasteiger partial charge on any atom is 0.240 e. The molecule has 1 aliphatic heterocycles. The Morgan fingerprint density at radius 3 is 2.75 bits per heavy atom. The quantitative estimate of drug-likeness (QED) is 0.807. The molecular weight excluding hydrogens is 250 g/mol. The fourth-order valence-corrected chi connectivity index (χ4v) is 3.32. The maximum absolute atomic E-state index is 12.6. The molecule has 1 unspecified atom stereocenters. The van der Waals surface area contributed by atoms with E-state index in [2.05, 4.69) is 30.1 Å². The van der Waals surface area contributed by atoms with E-state index < -0.39 is 0 Å². The molecule has 0 spiro atoms. The number of carbonyl (C=O) groups is 1. The van der Waals surface area contributed by atoms with Crippen molar-refractivity contribution in [1.29, 1.82) is 0 Å². The molecule has 1 aliphatic carbocycles. The Labute approximate surface area is 123 Å². The maximum atomic E-state index is 12.6. The zero-order valence-electron chi connectivity index (χ0n) is 13.0. The number of amides is 1. The monoisotopic (exact) mass is 279 g/mol. The Hall–Kier alpha value is -0.870. The standard InChI is InChI=1S/C16H29N3O/c1-3-18(15-10-11-17-12-15)13-16(20)19(4-2)14-8-6-5-7-9-14/h8,15,17H,3-7,9-13H2,1-2H3. The van der Waals surface area contributed by atoms with Crippen LogP contribution >= 0.6 is 0 Å². The van der Waals surface area contributed by atoms with E-state index in [0.29, 0.717) is 12.6 Å². The molecule has 1 saturated heterocycles. The summed E-state index contributed by atoms with van der Waals surface area (Å²) in [6, 6.07) is 0.531. The molecule has 0 aromatic carbocycles. The van der Waals surface area contributed by atoms with Crippen LogP contribution in [0.5, 0.6) is 0 Å². The van der Waals surface area contributed by atoms with Gasteiger partial charge in [-0.3, -0.25) is 9.69 Å². The predicted octanol–water partition coefficient (Wildman–Crippen LogP) is 1.98. The molecule has 4 heteroatoms. The smallest absolute Gasteiger partial charge is 0.240 e. The number of carbonyl (C=O) groups excluding carboxylic acids is 1. The Morgan fingerprint density at radius 1 is 1.35 bits per heavy atom. The molecule has 0 aromatic rings. The largest absolute Gasteiger partial charge is 0.316 e. The van der Waals surface area contributed by atoms with Gasteiger partial charge in [-0.25, -0.2) is 0 Å². The lowest BCUT2D eigenvalue weighted by molar-refractivity contribution is -0.131. The molecule has 4 nitrogen and oxygen atoms in total. The van der Waals surface area contributed by atoms with Gasteiger partial charge in [0.05, 0.1) is 6.54 Å². The van der Waals surface area contributed by atoms with Crippen LogP contribution in [-0.2, 0) is 4.79 Å². The van der Waals surface area contributed by atoms with Crippen molar-refractivity contribution < 1.29 is 4.79 Å². The predicted molar refractivity (Wildman–Crippen MR) is 82.5 cm³/mol. The number of hydrogen-bond acceptors (Lipinski definition) is 3. The van der Waals surface area contributed by atoms with Crippen molar-refractivity contribution in [1.82, 2.24) is 15.1 Å². The Balaban J connectivity index is 1.95. The molecule has 2 rings (SSSR count). The van der Waals surface area contributed by atoms with Crippen LogP contribution in [0.2, 0.25) is 0 Å². The van der Waals surface area contributed by atoms with E-state index in [1.54, 1.807) is 0 Å². The number of allylic oxidation sites excluding steroid dienone is 2. The van der Waals surface area contributed by atoms with E-state index in [1.807, 2.05) is 4.90 Å². The first-order chi connectivity index (χ1) is 9.76. The molecule has 0 radical (unpaired) electrons. The third kappa shape index (κ3) is 3.83. The van der Waals surface area contributed by atoms with Gasteiger partial charge < -0.3 is 10.2 Å². The van der Waals surface area contributed by atoms with Crippen LogP contribution in [0.15, 0.2) is 11.8 Å². The summed E-state index contributed by atoms with van der Waals surface area (Å²) >= 11 is 0. The van der Waals surface area contributed by atoms with E-state index in [9.17, 15) is 4.79 Å². The average Bonchev–Trinajstić information content (AvgIpc) is 3.00. The van der Waals surface area contributed by atoms with E-state index in [0.717, 1.165) is 45.4 Å². The summed E-state index contributed by atoms with van der Waals surface area (Å²) < 4.78 is 0. The summed E-state index contributed by atoms with van der Waals surface area (Å²) in [4.78, 5) is 17.0. The van der Waals surface area contributed by atoms with Gasteiger partial charge >= 0.3 is 0 Å². The lowest BCUT2D eigenvalue weighted by Crippen LogP contribution is -2.45. The van der Waals surface area contributed by atoms with E-state index >= 15 is 0 Å². The van der Waals surface area contributed by atoms with Crippen molar-refractivity contribution >= 4 is 5.91 Å². The lowest BCUT2D eigenvalue weighted by atomic mass is 10.0. The number of nitrogens with one attached hydrogen (secondary N) is 1. The van der Waals surface area contributed by atoms with Crippen molar-refractivity contribution in [2.45, 2.75) is 52.0 Å². The molecule has 0 saturated carbocycles. The zero-order valence-corrected chi connectivity index (χ0v) is 13.0. The Bertz CT molecular complexity index is 348. The van der Waals surface area contributed by atoms with Gasteiger partial charge in [-0.2, -0.15) is 0 Å². The third-order valence-corrected chi connectivity index (χ3v) is 4.53. The van der Waals surface area contributed by atoms with Crippen molar-refractivity contribution in [3.05, 3.63) is 11.8 Å². The van der Waals surface area contributed by atoms with E-state index in [1.165, 1.54) is 18.5 Å². The van der Waals surface area contributed by atoms with Crippen LogP contribution in [0.25, 0.3) is 0 Å². The topological polar surface area (TPSA) is 35.6 Å². The number of hydrogen-bond donors (Lipinski definition) is 1. The van der Waals surface area contributed by atoms with E-state index in [4.69, 9.17) is 0 Å². The van der Waals surface area contributed by atoms with Gasteiger partial charge in [-0.1, -0.05) is 13.0 Å². The van der Waals surface area contributed by atoms with Crippen LogP contribution < -0.4 is 5.32 Å². The van der Waals surface area contributed by atoms with Gasteiger partial charge in [0.25, 0.3) is 0 Å². The summed E-state index contributed by atoms with van der Waals surface area (Å²) in [5, 5.41) is 3.39. The molecule has 2 aliphatic rings. The van der Waals surface area contributed by atoms with Crippen LogP contribution in [0.4, 0.5) is 0 Å². The first-order valence-electron chi connectivity index (χ1n) is 8.20. The minimum atomic E-state index is 0.273. The highest BCUT2D eigenvalue weighted by Gasteiger charge is 2.25. The minimum absolute atomic E-state index is 0.273. The minimum Gasteiger partial charge on any atom is -0.316 e. The summed E-state index contributed by atoms with van der Waals surface area (Å²) in [6.45, 7) is 8.66. The number of likely N-dealkylation sites (N-methyl/N-ethyl adjacent to an activating group) is 2. The summed E-state index contributed by atoms with van der Waals surface area (Å²) in [7, 11) is 0. The van der Waals surface area contributed by atoms with Gasteiger partial charge in [0, 0.05) is 24.8 Å². The SMILES string of the molecule is CCN(C(=O)CN(CC)C1CCNC1)C1=CCCCC1. The van der Waals surface area contributed by atoms with Crippen LogP contribution in [0, 0.1) is 0 Å². The van der Waals surface area contributed by atoms with Crippen LogP contribution in [0.3, 0.4) is 0 Å². The number of rotatable bonds is 6. The molecule has 20 heavy (non-hydrogen) atoms. The fraction of sp³-hybridized carbons (Fsp3) is 0.812. The average molecular weight is 279 g/mol. The molecule has 0 aromatic heterocycles. The molecule has 1 heterocycles. The molecule has 0 bridgehead atoms. The second-order valence-corrected chi connectivity index (χ2v) is 5.79. The highest BCUT2D eigenvalue weighted by Crippen LogP contribution is 2.21. The fourth-order valence-electron chi connectivity index (χ4n) is 3.32. The first-order valence-corrected chi connectivity index (χ1v) is 8.20. The van der Waals surface area contributed by atoms with Gasteiger partial charge in [-0.15, -0.1) is 0 Å². The van der Waals surface area contributed by atoms with E-state index in [-0.39, 0.29) is 5.91 Å².